The van der Waals surface area contributed by atoms with E-state index in [9.17, 15) is 35.9 Å². The summed E-state index contributed by atoms with van der Waals surface area (Å²) in [5.74, 6) is -1.94. The van der Waals surface area contributed by atoms with Gasteiger partial charge in [0.25, 0.3) is 11.1 Å². The minimum absolute atomic E-state index is 0.0503. The average Bonchev–Trinajstić information content (AvgIpc) is 3.75. The largest absolute Gasteiger partial charge is 0.429 e. The lowest BCUT2D eigenvalue weighted by atomic mass is 10.1. The molecule has 1 aliphatic rings. The number of alkyl halides is 5. The molecule has 0 amide bonds. The number of fused-ring (bicyclic) bond motifs is 1. The molecule has 0 radical (unpaired) electrons. The van der Waals surface area contributed by atoms with E-state index in [1.807, 2.05) is 0 Å². The van der Waals surface area contributed by atoms with Crippen LogP contribution in [0.3, 0.4) is 0 Å². The van der Waals surface area contributed by atoms with Gasteiger partial charge in [-0.15, -0.1) is 0 Å². The molecule has 0 aliphatic heterocycles. The summed E-state index contributed by atoms with van der Waals surface area (Å²) in [6.07, 6.45) is 0.499. The summed E-state index contributed by atoms with van der Waals surface area (Å²) in [5.41, 5.74) is 1.87. The van der Waals surface area contributed by atoms with Crippen molar-refractivity contribution in [2.75, 3.05) is 11.1 Å². The smallest absolute Gasteiger partial charge is 0.423 e. The fraction of sp³-hybridized carbons (Fsp3) is 0.360. The highest BCUT2D eigenvalue weighted by atomic mass is 19.4. The molecule has 4 aromatic rings. The summed E-state index contributed by atoms with van der Waals surface area (Å²) in [5, 5.41) is 8.04. The van der Waals surface area contributed by atoms with E-state index in [4.69, 9.17) is 5.73 Å². The number of hydrogen-bond donors (Lipinski definition) is 3. The van der Waals surface area contributed by atoms with Crippen LogP contribution in [0.1, 0.15) is 31.2 Å². The van der Waals surface area contributed by atoms with Crippen molar-refractivity contribution in [3.63, 3.8) is 0 Å². The first-order chi connectivity index (χ1) is 19.9. The third-order valence-electron chi connectivity index (χ3n) is 6.74. The SMILES string of the molecule is Nc1nc(-c2cc3ncn(CCC[C@@H](Nc4cn[nH]c(=O)c4C(F)(F)F)C4CC4)c(=O)c3cc2F)ncc1OC(F)F. The number of ether oxygens (including phenoxy) is 1. The molecular weight excluding hydrogens is 574 g/mol. The first-order valence-corrected chi connectivity index (χ1v) is 12.6. The number of aromatic amines is 1. The number of nitrogens with two attached hydrogens (primary N) is 1. The molecule has 1 aromatic carbocycles. The molecule has 1 aliphatic carbocycles. The van der Waals surface area contributed by atoms with Crippen molar-refractivity contribution < 1.29 is 31.1 Å². The number of nitrogen functional groups attached to an aromatic ring is 1. The number of H-pyrrole nitrogens is 1. The van der Waals surface area contributed by atoms with Gasteiger partial charge in [-0.05, 0) is 43.7 Å². The standard InChI is InChI=1S/C25H22F6N8O3/c26-14-6-13-16(7-12(14)21-33-9-18(20(32)37-21)42-24(27)28)34-10-39(23(13)41)5-1-2-15(11-3-4-11)36-17-8-35-38-22(40)19(17)25(29,30)31/h6-11,15,24H,1-5H2,(H2,32,33,37)(H2,36,38,40)/t15-/m1/s1. The fourth-order valence-corrected chi connectivity index (χ4v) is 4.60. The van der Waals surface area contributed by atoms with Gasteiger partial charge >= 0.3 is 12.8 Å². The highest BCUT2D eigenvalue weighted by Gasteiger charge is 2.39. The molecule has 5 rings (SSSR count). The molecule has 0 unspecified atom stereocenters. The van der Waals surface area contributed by atoms with Crippen LogP contribution < -0.4 is 26.9 Å². The summed E-state index contributed by atoms with van der Waals surface area (Å²) in [6.45, 7) is -3.02. The maximum atomic E-state index is 15.0. The Hall–Kier alpha value is -4.70. The number of halogens is 6. The third-order valence-corrected chi connectivity index (χ3v) is 6.74. The number of nitrogens with zero attached hydrogens (tertiary/aromatic N) is 5. The van der Waals surface area contributed by atoms with Crippen molar-refractivity contribution in [3.05, 3.63) is 62.9 Å². The Morgan fingerprint density at radius 1 is 1.17 bits per heavy atom. The summed E-state index contributed by atoms with van der Waals surface area (Å²) >= 11 is 0. The Morgan fingerprint density at radius 2 is 1.93 bits per heavy atom. The van der Waals surface area contributed by atoms with Gasteiger partial charge in [0.2, 0.25) is 0 Å². The Bertz CT molecular complexity index is 1740. The first kappa shape index (κ1) is 28.8. The van der Waals surface area contributed by atoms with Gasteiger partial charge in [-0.1, -0.05) is 0 Å². The van der Waals surface area contributed by atoms with Crippen LogP contribution >= 0.6 is 0 Å². The quantitative estimate of drug-likeness (QED) is 0.231. The zero-order chi connectivity index (χ0) is 30.2. The van der Waals surface area contributed by atoms with Crippen molar-refractivity contribution in [1.82, 2.24) is 29.7 Å². The normalized spacial score (nSPS) is 14.4. The fourth-order valence-electron chi connectivity index (χ4n) is 4.60. The molecule has 1 fully saturated rings. The lowest BCUT2D eigenvalue weighted by Gasteiger charge is -2.21. The van der Waals surface area contributed by atoms with Crippen molar-refractivity contribution in [1.29, 1.82) is 0 Å². The second-order valence-electron chi connectivity index (χ2n) is 9.63. The van der Waals surface area contributed by atoms with E-state index in [2.05, 4.69) is 30.1 Å². The molecule has 42 heavy (non-hydrogen) atoms. The van der Waals surface area contributed by atoms with Crippen LogP contribution in [0.4, 0.5) is 37.8 Å². The van der Waals surface area contributed by atoms with Gasteiger partial charge in [0.15, 0.2) is 17.4 Å². The van der Waals surface area contributed by atoms with Crippen LogP contribution in [0, 0.1) is 11.7 Å². The highest BCUT2D eigenvalue weighted by Crippen LogP contribution is 2.38. The van der Waals surface area contributed by atoms with Crippen LogP contribution in [-0.2, 0) is 12.7 Å². The number of hydrogen-bond acceptors (Lipinski definition) is 9. The van der Waals surface area contributed by atoms with E-state index in [0.29, 0.717) is 12.8 Å². The third kappa shape index (κ3) is 6.13. The number of nitrogens with one attached hydrogen (secondary N) is 2. The minimum atomic E-state index is -4.88. The Labute approximate surface area is 231 Å². The van der Waals surface area contributed by atoms with Crippen LogP contribution in [-0.4, -0.2) is 42.4 Å². The zero-order valence-electron chi connectivity index (χ0n) is 21.5. The molecule has 3 heterocycles. The van der Waals surface area contributed by atoms with Gasteiger partial charge in [-0.2, -0.15) is 27.1 Å². The highest BCUT2D eigenvalue weighted by molar-refractivity contribution is 5.82. The number of aromatic nitrogens is 6. The van der Waals surface area contributed by atoms with Crippen LogP contribution in [0.25, 0.3) is 22.3 Å². The van der Waals surface area contributed by atoms with Crippen molar-refractivity contribution in [2.45, 2.75) is 51.1 Å². The molecule has 4 N–H and O–H groups in total. The van der Waals surface area contributed by atoms with Crippen LogP contribution in [0.15, 0.2) is 40.4 Å². The topological polar surface area (TPSA) is 154 Å². The lowest BCUT2D eigenvalue weighted by molar-refractivity contribution is -0.138. The lowest BCUT2D eigenvalue weighted by Crippen LogP contribution is -2.30. The van der Waals surface area contributed by atoms with Gasteiger partial charge in [0, 0.05) is 12.6 Å². The van der Waals surface area contributed by atoms with Gasteiger partial charge in [-0.25, -0.2) is 24.4 Å². The average molecular weight is 596 g/mol. The second-order valence-corrected chi connectivity index (χ2v) is 9.63. The summed E-state index contributed by atoms with van der Waals surface area (Å²) in [6, 6.07) is 1.77. The maximum Gasteiger partial charge on any atom is 0.423 e. The van der Waals surface area contributed by atoms with Crippen LogP contribution in [0.2, 0.25) is 0 Å². The first-order valence-electron chi connectivity index (χ1n) is 12.6. The minimum Gasteiger partial charge on any atom is -0.429 e. The van der Waals surface area contributed by atoms with E-state index in [1.54, 1.807) is 5.10 Å². The van der Waals surface area contributed by atoms with Crippen LogP contribution in [0.5, 0.6) is 5.75 Å². The van der Waals surface area contributed by atoms with Gasteiger partial charge in [0.1, 0.15) is 11.4 Å². The summed E-state index contributed by atoms with van der Waals surface area (Å²) in [4.78, 5) is 36.7. The molecule has 1 saturated carbocycles. The molecule has 0 bridgehead atoms. The maximum absolute atomic E-state index is 15.0. The van der Waals surface area contributed by atoms with E-state index >= 15 is 0 Å². The van der Waals surface area contributed by atoms with E-state index in [0.717, 1.165) is 31.3 Å². The number of rotatable bonds is 10. The zero-order valence-corrected chi connectivity index (χ0v) is 21.5. The second kappa shape index (κ2) is 11.3. The predicted molar refractivity (Wildman–Crippen MR) is 137 cm³/mol. The van der Waals surface area contributed by atoms with Crippen molar-refractivity contribution in [2.24, 2.45) is 5.92 Å². The predicted octanol–water partition coefficient (Wildman–Crippen LogP) is 3.95. The molecule has 0 spiro atoms. The van der Waals surface area contributed by atoms with Crippen molar-refractivity contribution >= 4 is 22.4 Å². The molecule has 1 atom stereocenters. The molecular formula is C25H22F6N8O3. The van der Waals surface area contributed by atoms with Gasteiger partial charge in [0.05, 0.1) is 40.9 Å². The number of aryl methyl sites for hydroxylation is 1. The van der Waals surface area contributed by atoms with Crippen molar-refractivity contribution in [3.8, 4) is 17.1 Å². The van der Waals surface area contributed by atoms with E-state index in [-0.39, 0.29) is 34.8 Å². The number of anilines is 2. The van der Waals surface area contributed by atoms with E-state index < -0.39 is 58.6 Å². The Morgan fingerprint density at radius 3 is 2.60 bits per heavy atom. The molecule has 3 aromatic heterocycles. The molecule has 11 nitrogen and oxygen atoms in total. The Balaban J connectivity index is 1.32. The van der Waals surface area contributed by atoms with Gasteiger partial charge in [-0.3, -0.25) is 14.2 Å². The molecule has 17 heteroatoms. The summed E-state index contributed by atoms with van der Waals surface area (Å²) in [7, 11) is 0. The summed E-state index contributed by atoms with van der Waals surface area (Å²) < 4.78 is 85.7. The Kier molecular flexibility index (Phi) is 7.74. The van der Waals surface area contributed by atoms with E-state index in [1.165, 1.54) is 17.0 Å². The van der Waals surface area contributed by atoms with Gasteiger partial charge < -0.3 is 15.8 Å². The number of benzene rings is 1. The molecule has 0 saturated heterocycles. The monoisotopic (exact) mass is 596 g/mol. The molecule has 222 valence electrons.